The maximum Gasteiger partial charge on any atom is 0.389 e. The first-order valence-electron chi connectivity index (χ1n) is 14.7. The summed E-state index contributed by atoms with van der Waals surface area (Å²) in [5, 5.41) is 14.2. The summed E-state index contributed by atoms with van der Waals surface area (Å²) in [4.78, 5) is 30.6. The van der Waals surface area contributed by atoms with E-state index >= 15 is 0 Å². The largest absolute Gasteiger partial charge is 0.389 e. The number of ether oxygens (including phenoxy) is 1. The van der Waals surface area contributed by atoms with Gasteiger partial charge in [-0.1, -0.05) is 5.16 Å². The van der Waals surface area contributed by atoms with Crippen LogP contribution in [0.1, 0.15) is 97.7 Å². The fraction of sp³-hybridized carbons (Fsp3) is 0.621. The molecule has 2 atom stereocenters. The van der Waals surface area contributed by atoms with E-state index in [9.17, 15) is 31.5 Å². The SMILES string of the molecule is CC1(c2nocc2C(=O)N[C@H](c2cn3ncc([C@H](NC(=O)CCC(F)(F)F)C4CC4)cc3n2)C2CCC(F)(F)CC2)COC1. The van der Waals surface area contributed by atoms with Gasteiger partial charge in [-0.3, -0.25) is 9.59 Å². The van der Waals surface area contributed by atoms with E-state index in [1.54, 1.807) is 12.3 Å². The molecule has 0 radical (unpaired) electrons. The second-order valence-corrected chi connectivity index (χ2v) is 12.5. The number of nitrogens with zero attached hydrogens (tertiary/aromatic N) is 4. The Balaban J connectivity index is 1.26. The first-order chi connectivity index (χ1) is 20.8. The van der Waals surface area contributed by atoms with E-state index < -0.39 is 54.3 Å². The Bertz CT molecular complexity index is 1520. The highest BCUT2D eigenvalue weighted by atomic mass is 19.4. The number of imidazole rings is 1. The Hall–Kier alpha value is -3.62. The zero-order chi connectivity index (χ0) is 31.3. The normalized spacial score (nSPS) is 21.4. The monoisotopic (exact) mass is 624 g/mol. The number of hydrogen-bond donors (Lipinski definition) is 2. The lowest BCUT2D eigenvalue weighted by Crippen LogP contribution is -2.46. The molecule has 6 rings (SSSR count). The summed E-state index contributed by atoms with van der Waals surface area (Å²) in [7, 11) is 0. The zero-order valence-electron chi connectivity index (χ0n) is 24.0. The third kappa shape index (κ3) is 6.57. The summed E-state index contributed by atoms with van der Waals surface area (Å²) in [6.07, 6.45) is -0.561. The smallest absolute Gasteiger partial charge is 0.379 e. The van der Waals surface area contributed by atoms with Crippen LogP contribution < -0.4 is 10.6 Å². The molecular weight excluding hydrogens is 591 g/mol. The molecule has 3 aromatic rings. The molecule has 2 amide bonds. The third-order valence-electron chi connectivity index (χ3n) is 8.83. The van der Waals surface area contributed by atoms with Crippen molar-refractivity contribution < 1.29 is 40.8 Å². The van der Waals surface area contributed by atoms with Crippen molar-refractivity contribution in [2.75, 3.05) is 13.2 Å². The van der Waals surface area contributed by atoms with E-state index in [-0.39, 0.29) is 43.1 Å². The molecule has 3 aliphatic rings. The molecule has 4 heterocycles. The molecule has 2 aliphatic carbocycles. The lowest BCUT2D eigenvalue weighted by Gasteiger charge is -2.37. The highest BCUT2D eigenvalue weighted by molar-refractivity contribution is 5.95. The molecule has 2 saturated carbocycles. The van der Waals surface area contributed by atoms with Crippen LogP contribution >= 0.6 is 0 Å². The fourth-order valence-electron chi connectivity index (χ4n) is 6.06. The van der Waals surface area contributed by atoms with Crippen molar-refractivity contribution >= 4 is 17.5 Å². The number of amides is 2. The highest BCUT2D eigenvalue weighted by Crippen LogP contribution is 2.43. The highest BCUT2D eigenvalue weighted by Gasteiger charge is 2.43. The number of carbonyl (C=O) groups is 2. The van der Waals surface area contributed by atoms with Crippen LogP contribution in [0.5, 0.6) is 0 Å². The minimum absolute atomic E-state index is 0.0696. The van der Waals surface area contributed by atoms with Crippen molar-refractivity contribution in [3.63, 3.8) is 0 Å². The fourth-order valence-corrected chi connectivity index (χ4v) is 6.06. The van der Waals surface area contributed by atoms with E-state index in [4.69, 9.17) is 14.2 Å². The third-order valence-corrected chi connectivity index (χ3v) is 8.83. The van der Waals surface area contributed by atoms with Crippen molar-refractivity contribution in [3.05, 3.63) is 47.2 Å². The van der Waals surface area contributed by atoms with Gasteiger partial charge in [0.1, 0.15) is 17.5 Å². The molecule has 0 unspecified atom stereocenters. The maximum atomic E-state index is 14.1. The van der Waals surface area contributed by atoms with Gasteiger partial charge >= 0.3 is 6.18 Å². The number of carbonyl (C=O) groups excluding carboxylic acids is 2. The first-order valence-corrected chi connectivity index (χ1v) is 14.7. The summed E-state index contributed by atoms with van der Waals surface area (Å²) in [5.74, 6) is -4.21. The van der Waals surface area contributed by atoms with E-state index in [2.05, 4.69) is 20.9 Å². The Morgan fingerprint density at radius 3 is 2.43 bits per heavy atom. The average molecular weight is 625 g/mol. The quantitative estimate of drug-likeness (QED) is 0.297. The molecule has 0 bridgehead atoms. The number of halogens is 5. The number of nitrogens with one attached hydrogen (secondary N) is 2. The van der Waals surface area contributed by atoms with Crippen LogP contribution in [-0.2, 0) is 14.9 Å². The molecule has 2 N–H and O–H groups in total. The number of alkyl halides is 5. The van der Waals surface area contributed by atoms with Crippen LogP contribution in [0.15, 0.2) is 29.2 Å². The molecule has 3 fully saturated rings. The predicted octanol–water partition coefficient (Wildman–Crippen LogP) is 5.21. The van der Waals surface area contributed by atoms with Crippen LogP contribution in [0, 0.1) is 11.8 Å². The van der Waals surface area contributed by atoms with Gasteiger partial charge in [0, 0.05) is 19.3 Å². The summed E-state index contributed by atoms with van der Waals surface area (Å²) in [6.45, 7) is 2.67. The van der Waals surface area contributed by atoms with Crippen LogP contribution in [0.3, 0.4) is 0 Å². The van der Waals surface area contributed by atoms with Crippen LogP contribution in [0.25, 0.3) is 5.65 Å². The van der Waals surface area contributed by atoms with Crippen LogP contribution in [0.2, 0.25) is 0 Å². The molecule has 0 spiro atoms. The van der Waals surface area contributed by atoms with Crippen molar-refractivity contribution in [1.82, 2.24) is 30.4 Å². The van der Waals surface area contributed by atoms with Gasteiger partial charge in [0.05, 0.1) is 55.2 Å². The van der Waals surface area contributed by atoms with E-state index in [0.717, 1.165) is 12.8 Å². The zero-order valence-corrected chi connectivity index (χ0v) is 24.0. The minimum atomic E-state index is -4.43. The lowest BCUT2D eigenvalue weighted by atomic mass is 9.80. The topological polar surface area (TPSA) is 124 Å². The molecule has 238 valence electrons. The molecule has 0 aromatic carbocycles. The van der Waals surface area contributed by atoms with Crippen molar-refractivity contribution in [3.8, 4) is 0 Å². The summed E-state index contributed by atoms with van der Waals surface area (Å²) < 4.78 is 78.0. The Morgan fingerprint density at radius 2 is 1.80 bits per heavy atom. The molecule has 1 aliphatic heterocycles. The second kappa shape index (κ2) is 11.4. The standard InChI is InChI=1S/C29H33F5N6O4/c1-27(14-43-15-27)25-19(13-44-39-25)26(42)38-24(17-4-7-28(30,31)8-5-17)20-12-40-21(36-20)10-18(11-35-40)23(16-2-3-16)37-22(41)6-9-29(32,33)34/h10-13,16-17,23-24H,2-9,14-15H2,1H3,(H,37,41)(H,38,42)/t23-,24+/m1/s1. The molecule has 1 saturated heterocycles. The van der Waals surface area contributed by atoms with Crippen molar-refractivity contribution in [2.24, 2.45) is 11.8 Å². The van der Waals surface area contributed by atoms with E-state index in [1.165, 1.54) is 17.0 Å². The Labute approximate surface area is 249 Å². The van der Waals surface area contributed by atoms with Crippen molar-refractivity contribution in [1.29, 1.82) is 0 Å². The predicted molar refractivity (Wildman–Crippen MR) is 144 cm³/mol. The van der Waals surface area contributed by atoms with Gasteiger partial charge in [0.25, 0.3) is 5.91 Å². The average Bonchev–Trinajstić information content (AvgIpc) is 3.50. The van der Waals surface area contributed by atoms with Crippen LogP contribution in [0.4, 0.5) is 22.0 Å². The van der Waals surface area contributed by atoms with Gasteiger partial charge in [0.2, 0.25) is 11.8 Å². The van der Waals surface area contributed by atoms with Gasteiger partial charge < -0.3 is 19.9 Å². The summed E-state index contributed by atoms with van der Waals surface area (Å²) in [5.41, 5.74) is 1.62. The molecular formula is C29H33F5N6O4. The maximum absolute atomic E-state index is 14.1. The molecule has 44 heavy (non-hydrogen) atoms. The minimum Gasteiger partial charge on any atom is -0.379 e. The second-order valence-electron chi connectivity index (χ2n) is 12.5. The van der Waals surface area contributed by atoms with E-state index in [1.807, 2.05) is 6.92 Å². The number of rotatable bonds is 10. The van der Waals surface area contributed by atoms with Gasteiger partial charge in [-0.05, 0) is 56.1 Å². The summed E-state index contributed by atoms with van der Waals surface area (Å²) in [6, 6.07) is 0.457. The number of aromatic nitrogens is 4. The molecule has 3 aromatic heterocycles. The van der Waals surface area contributed by atoms with Gasteiger partial charge in [-0.25, -0.2) is 18.3 Å². The number of hydrogen-bond acceptors (Lipinski definition) is 7. The Morgan fingerprint density at radius 1 is 1.09 bits per heavy atom. The molecule has 10 nitrogen and oxygen atoms in total. The van der Waals surface area contributed by atoms with Gasteiger partial charge in [0.15, 0.2) is 5.65 Å². The van der Waals surface area contributed by atoms with Crippen molar-refractivity contribution in [2.45, 2.75) is 87.9 Å². The lowest BCUT2D eigenvalue weighted by molar-refractivity contribution is -0.144. The molecule has 15 heteroatoms. The summed E-state index contributed by atoms with van der Waals surface area (Å²) >= 11 is 0. The number of fused-ring (bicyclic) bond motifs is 1. The Kier molecular flexibility index (Phi) is 7.87. The van der Waals surface area contributed by atoms with E-state index in [0.29, 0.717) is 35.8 Å². The van der Waals surface area contributed by atoms with Gasteiger partial charge in [-0.2, -0.15) is 18.3 Å². The van der Waals surface area contributed by atoms with Crippen LogP contribution in [-0.4, -0.2) is 56.9 Å². The first kappa shape index (κ1) is 30.4. The van der Waals surface area contributed by atoms with Gasteiger partial charge in [-0.15, -0.1) is 0 Å².